The van der Waals surface area contributed by atoms with Gasteiger partial charge in [-0.1, -0.05) is 29.6 Å². The molecular weight excluding hydrogens is 410 g/mol. The van der Waals surface area contributed by atoms with Crippen LogP contribution in [-0.2, 0) is 0 Å². The van der Waals surface area contributed by atoms with Crippen LogP contribution >= 0.6 is 35.0 Å². The molecule has 1 spiro atoms. The van der Waals surface area contributed by atoms with Gasteiger partial charge in [-0.25, -0.2) is 4.99 Å². The molecule has 4 N–H and O–H groups in total. The van der Waals surface area contributed by atoms with Gasteiger partial charge in [0.05, 0.1) is 15.7 Å². The molecule has 0 unspecified atom stereocenters. The zero-order valence-corrected chi connectivity index (χ0v) is 15.8. The molecule has 0 saturated heterocycles. The summed E-state index contributed by atoms with van der Waals surface area (Å²) in [5, 5.41) is 0.0889. The standard InChI is InChI=1S/C15H16Cl2F3N5S/c16-9-6-8(26-15(18,19)20)7-10(17)11(9)25-13(22)23-12(21)24-14(25)4-2-1-3-5-14/h6-7H,1-5H2,(H4,21,22,23,24). The van der Waals surface area contributed by atoms with Crippen LogP contribution in [0.1, 0.15) is 32.1 Å². The van der Waals surface area contributed by atoms with E-state index in [1.165, 1.54) is 12.1 Å². The summed E-state index contributed by atoms with van der Waals surface area (Å²) in [5.41, 5.74) is 6.97. The van der Waals surface area contributed by atoms with Crippen molar-refractivity contribution in [3.63, 3.8) is 0 Å². The molecule has 0 bridgehead atoms. The first-order valence-corrected chi connectivity index (χ1v) is 9.43. The Hall–Kier alpha value is -1.32. The van der Waals surface area contributed by atoms with E-state index in [9.17, 15) is 13.2 Å². The molecule has 2 aliphatic rings. The van der Waals surface area contributed by atoms with Crippen molar-refractivity contribution in [1.29, 1.82) is 0 Å². The molecule has 1 fully saturated rings. The Morgan fingerprint density at radius 2 is 1.65 bits per heavy atom. The van der Waals surface area contributed by atoms with Crippen molar-refractivity contribution in [2.45, 2.75) is 48.2 Å². The number of benzene rings is 1. The number of guanidine groups is 2. The van der Waals surface area contributed by atoms with Crippen LogP contribution in [0.2, 0.25) is 10.0 Å². The molecule has 3 rings (SSSR count). The fourth-order valence-electron chi connectivity index (χ4n) is 3.39. The van der Waals surface area contributed by atoms with Gasteiger partial charge in [-0.2, -0.15) is 18.2 Å². The van der Waals surface area contributed by atoms with E-state index in [0.29, 0.717) is 18.5 Å². The molecule has 0 atom stereocenters. The van der Waals surface area contributed by atoms with Crippen LogP contribution in [0, 0.1) is 0 Å². The molecule has 1 saturated carbocycles. The summed E-state index contributed by atoms with van der Waals surface area (Å²) >= 11 is 12.3. The van der Waals surface area contributed by atoms with E-state index < -0.39 is 11.2 Å². The molecular formula is C15H16Cl2F3N5S. The van der Waals surface area contributed by atoms with Gasteiger partial charge in [0.1, 0.15) is 5.66 Å². The lowest BCUT2D eigenvalue weighted by Gasteiger charge is -2.46. The maximum atomic E-state index is 12.6. The van der Waals surface area contributed by atoms with Gasteiger partial charge in [0.2, 0.25) is 11.9 Å². The van der Waals surface area contributed by atoms with Gasteiger partial charge in [-0.05, 0) is 49.6 Å². The fraction of sp³-hybridized carbons (Fsp3) is 0.467. The maximum Gasteiger partial charge on any atom is 0.446 e. The normalized spacial score (nSPS) is 20.1. The van der Waals surface area contributed by atoms with Crippen LogP contribution < -0.4 is 16.4 Å². The lowest BCUT2D eigenvalue weighted by atomic mass is 9.87. The highest BCUT2D eigenvalue weighted by Crippen LogP contribution is 2.47. The third-order valence-corrected chi connectivity index (χ3v) is 5.58. The number of thioether (sulfide) groups is 1. The van der Waals surface area contributed by atoms with Crippen LogP contribution in [0.15, 0.2) is 27.0 Å². The number of halogens is 5. The maximum absolute atomic E-state index is 12.6. The Balaban J connectivity index is 2.07. The Bertz CT molecular complexity index is 752. The quantitative estimate of drug-likeness (QED) is 0.671. The first kappa shape index (κ1) is 19.4. The van der Waals surface area contributed by atoms with Crippen LogP contribution in [-0.4, -0.2) is 23.1 Å². The number of anilines is 1. The second-order valence-corrected chi connectivity index (χ2v) is 8.05. The molecule has 1 aromatic carbocycles. The summed E-state index contributed by atoms with van der Waals surface area (Å²) in [6.07, 6.45) is 4.17. The van der Waals surface area contributed by atoms with E-state index in [1.807, 2.05) is 0 Å². The van der Waals surface area contributed by atoms with Crippen molar-refractivity contribution in [3.05, 3.63) is 22.2 Å². The van der Waals surface area contributed by atoms with Gasteiger partial charge in [0, 0.05) is 4.90 Å². The number of alkyl halides is 3. The smallest absolute Gasteiger partial charge is 0.369 e. The topological polar surface area (TPSA) is 80.0 Å². The van der Waals surface area contributed by atoms with Crippen LogP contribution in [0.4, 0.5) is 18.9 Å². The molecule has 1 aliphatic carbocycles. The zero-order chi connectivity index (χ0) is 19.1. The first-order chi connectivity index (χ1) is 12.1. The summed E-state index contributed by atoms with van der Waals surface area (Å²) in [6.45, 7) is 0. The summed E-state index contributed by atoms with van der Waals surface area (Å²) in [6, 6.07) is 2.43. The number of aliphatic imine (C=N–C) groups is 2. The largest absolute Gasteiger partial charge is 0.446 e. The number of nitrogens with two attached hydrogens (primary N) is 2. The minimum atomic E-state index is -4.44. The summed E-state index contributed by atoms with van der Waals surface area (Å²) in [4.78, 5) is 10.00. The molecule has 0 aromatic heterocycles. The number of hydrogen-bond donors (Lipinski definition) is 2. The average molecular weight is 426 g/mol. The number of nitrogens with zero attached hydrogens (tertiary/aromatic N) is 3. The summed E-state index contributed by atoms with van der Waals surface area (Å²) in [5.74, 6) is 0.136. The zero-order valence-electron chi connectivity index (χ0n) is 13.5. The lowest BCUT2D eigenvalue weighted by Crippen LogP contribution is -2.58. The molecule has 11 heteroatoms. The molecule has 1 aromatic rings. The third kappa shape index (κ3) is 3.84. The molecule has 0 radical (unpaired) electrons. The number of hydrogen-bond acceptors (Lipinski definition) is 6. The van der Waals surface area contributed by atoms with Crippen LogP contribution in [0.25, 0.3) is 0 Å². The summed E-state index contributed by atoms with van der Waals surface area (Å²) in [7, 11) is 0. The second kappa shape index (κ2) is 7.01. The Labute approximate surface area is 162 Å². The third-order valence-electron chi connectivity index (χ3n) is 4.30. The number of rotatable bonds is 2. The monoisotopic (exact) mass is 425 g/mol. The van der Waals surface area contributed by atoms with Crippen molar-refractivity contribution < 1.29 is 13.2 Å². The predicted molar refractivity (Wildman–Crippen MR) is 99.9 cm³/mol. The molecule has 1 aliphatic heterocycles. The highest BCUT2D eigenvalue weighted by atomic mass is 35.5. The van der Waals surface area contributed by atoms with Crippen LogP contribution in [0.5, 0.6) is 0 Å². The highest BCUT2D eigenvalue weighted by Gasteiger charge is 2.44. The van der Waals surface area contributed by atoms with E-state index in [4.69, 9.17) is 34.7 Å². The molecule has 1 heterocycles. The molecule has 5 nitrogen and oxygen atoms in total. The van der Waals surface area contributed by atoms with Gasteiger partial charge in [0.15, 0.2) is 0 Å². The van der Waals surface area contributed by atoms with Crippen molar-refractivity contribution in [3.8, 4) is 0 Å². The van der Waals surface area contributed by atoms with E-state index in [1.54, 1.807) is 4.90 Å². The van der Waals surface area contributed by atoms with Crippen molar-refractivity contribution in [2.75, 3.05) is 4.90 Å². The van der Waals surface area contributed by atoms with Gasteiger partial charge in [-0.15, -0.1) is 0 Å². The predicted octanol–water partition coefficient (Wildman–Crippen LogP) is 4.72. The van der Waals surface area contributed by atoms with E-state index >= 15 is 0 Å². The minimum absolute atomic E-state index is 0.0445. The molecule has 26 heavy (non-hydrogen) atoms. The Morgan fingerprint density at radius 3 is 2.19 bits per heavy atom. The van der Waals surface area contributed by atoms with E-state index in [2.05, 4.69) is 9.98 Å². The van der Waals surface area contributed by atoms with Gasteiger partial charge < -0.3 is 11.5 Å². The molecule has 0 amide bonds. The first-order valence-electron chi connectivity index (χ1n) is 7.86. The SMILES string of the molecule is NC1=NC2(CCCCC2)N(c2c(Cl)cc(SC(F)(F)F)cc2Cl)C(N)=N1. The highest BCUT2D eigenvalue weighted by molar-refractivity contribution is 8.00. The Kier molecular flexibility index (Phi) is 5.24. The van der Waals surface area contributed by atoms with Crippen LogP contribution in [0.3, 0.4) is 0 Å². The average Bonchev–Trinajstić information content (AvgIpc) is 2.48. The van der Waals surface area contributed by atoms with E-state index in [-0.39, 0.29) is 38.6 Å². The lowest BCUT2D eigenvalue weighted by molar-refractivity contribution is -0.0328. The second-order valence-electron chi connectivity index (χ2n) is 6.10. The molecule has 142 valence electrons. The van der Waals surface area contributed by atoms with Gasteiger partial charge in [-0.3, -0.25) is 4.90 Å². The van der Waals surface area contributed by atoms with Gasteiger partial charge >= 0.3 is 5.51 Å². The van der Waals surface area contributed by atoms with Crippen molar-refractivity contribution in [1.82, 2.24) is 0 Å². The summed E-state index contributed by atoms with van der Waals surface area (Å²) < 4.78 is 37.9. The fourth-order valence-corrected chi connectivity index (χ4v) is 4.80. The van der Waals surface area contributed by atoms with Crippen molar-refractivity contribution in [2.24, 2.45) is 21.5 Å². The van der Waals surface area contributed by atoms with E-state index in [0.717, 1.165) is 19.3 Å². The van der Waals surface area contributed by atoms with Crippen molar-refractivity contribution >= 4 is 52.6 Å². The minimum Gasteiger partial charge on any atom is -0.369 e. The van der Waals surface area contributed by atoms with Gasteiger partial charge in [0.25, 0.3) is 0 Å². The Morgan fingerprint density at radius 1 is 1.08 bits per heavy atom.